The molecule has 0 radical (unpaired) electrons. The number of likely N-dealkylation sites (tertiary alicyclic amines) is 1. The zero-order valence-electron chi connectivity index (χ0n) is 27.2. The quantitative estimate of drug-likeness (QED) is 0.284. The number of nitrogens with one attached hydrogen (secondary N) is 2. The largest absolute Gasteiger partial charge is 0.444 e. The molecule has 1 aromatic heterocycles. The summed E-state index contributed by atoms with van der Waals surface area (Å²) in [7, 11) is -3.44. The van der Waals surface area contributed by atoms with Crippen molar-refractivity contribution < 1.29 is 27.5 Å². The number of aromatic nitrogens is 1. The van der Waals surface area contributed by atoms with Gasteiger partial charge in [-0.15, -0.1) is 0 Å². The number of benzene rings is 3. The molecule has 12 heteroatoms. The second-order valence-corrected chi connectivity index (χ2v) is 15.7. The van der Waals surface area contributed by atoms with Crippen LogP contribution in [0.2, 0.25) is 0 Å². The molecule has 4 aromatic rings. The molecular formula is C36H37N5O6S. The minimum absolute atomic E-state index is 0.105. The first-order valence-electron chi connectivity index (χ1n) is 15.9. The van der Waals surface area contributed by atoms with Crippen molar-refractivity contribution in [1.82, 2.24) is 15.2 Å². The minimum Gasteiger partial charge on any atom is -0.444 e. The first-order chi connectivity index (χ1) is 22.7. The lowest BCUT2D eigenvalue weighted by atomic mass is 9.74. The molecule has 3 amide bonds. The fraction of sp³-hybridized carbons (Fsp3) is 0.333. The van der Waals surface area contributed by atoms with Crippen LogP contribution >= 0.6 is 0 Å². The smallest absolute Gasteiger partial charge is 0.408 e. The maximum atomic E-state index is 14.4. The third-order valence-electron chi connectivity index (χ3n) is 9.14. The topological polar surface area (TPSA) is 138 Å². The van der Waals surface area contributed by atoms with E-state index < -0.39 is 32.7 Å². The number of anilines is 2. The molecule has 3 heterocycles. The lowest BCUT2D eigenvalue weighted by molar-refractivity contribution is -0.147. The fourth-order valence-corrected chi connectivity index (χ4v) is 7.41. The molecule has 11 nitrogen and oxygen atoms in total. The highest BCUT2D eigenvalue weighted by Crippen LogP contribution is 2.50. The minimum atomic E-state index is -3.44. The molecule has 2 N–H and O–H groups in total. The summed E-state index contributed by atoms with van der Waals surface area (Å²) >= 11 is 0. The van der Waals surface area contributed by atoms with Gasteiger partial charge in [-0.1, -0.05) is 54.6 Å². The number of carbonyl (C=O) groups excluding carboxylic acids is 3. The van der Waals surface area contributed by atoms with Crippen LogP contribution in [0.3, 0.4) is 0 Å². The van der Waals surface area contributed by atoms with Crippen molar-refractivity contribution in [2.45, 2.75) is 56.7 Å². The zero-order chi connectivity index (χ0) is 34.1. The molecule has 48 heavy (non-hydrogen) atoms. The van der Waals surface area contributed by atoms with Gasteiger partial charge in [-0.05, 0) is 68.3 Å². The van der Waals surface area contributed by atoms with Gasteiger partial charge in [0.05, 0.1) is 18.5 Å². The van der Waals surface area contributed by atoms with E-state index in [2.05, 4.69) is 10.0 Å². The summed E-state index contributed by atoms with van der Waals surface area (Å²) in [5, 5.41) is 4.67. The number of pyridine rings is 1. The highest BCUT2D eigenvalue weighted by Gasteiger charge is 2.63. The Kier molecular flexibility index (Phi) is 7.28. The summed E-state index contributed by atoms with van der Waals surface area (Å²) in [5.74, 6) is -0.304. The molecule has 0 unspecified atom stereocenters. The number of amides is 3. The summed E-state index contributed by atoms with van der Waals surface area (Å²) in [6.45, 7) is 5.93. The average molecular weight is 668 g/mol. The molecule has 248 valence electrons. The van der Waals surface area contributed by atoms with E-state index in [-0.39, 0.29) is 31.4 Å². The van der Waals surface area contributed by atoms with Gasteiger partial charge in [0.15, 0.2) is 0 Å². The van der Waals surface area contributed by atoms with Crippen molar-refractivity contribution in [3.8, 4) is 11.1 Å². The average Bonchev–Trinajstić information content (AvgIpc) is 3.73. The summed E-state index contributed by atoms with van der Waals surface area (Å²) in [5.41, 5.74) is 1.86. The normalized spacial score (nSPS) is 17.5. The highest BCUT2D eigenvalue weighted by molar-refractivity contribution is 7.92. The number of sulfonamides is 1. The van der Waals surface area contributed by atoms with Gasteiger partial charge in [0.2, 0.25) is 21.8 Å². The Morgan fingerprint density at radius 2 is 1.62 bits per heavy atom. The number of carbonyl (C=O) groups is 3. The van der Waals surface area contributed by atoms with Gasteiger partial charge < -0.3 is 19.9 Å². The maximum Gasteiger partial charge on any atom is 0.408 e. The number of fused-ring (bicyclic) bond motifs is 3. The number of ether oxygens (including phenoxy) is 1. The second-order valence-electron chi connectivity index (χ2n) is 14.0. The third kappa shape index (κ3) is 5.63. The monoisotopic (exact) mass is 667 g/mol. The van der Waals surface area contributed by atoms with Crippen LogP contribution in [0, 0.1) is 0 Å². The molecule has 2 fully saturated rings. The SMILES string of the molecule is CC(C)(C)OC(=O)NC1(C(=O)N2CC3(C2)C(=O)N(Cc2ncc4ccccc4c2-c2ccc(NS(C)(=O)=O)cc2)c2ccccc23)CC1. The van der Waals surface area contributed by atoms with Gasteiger partial charge in [-0.3, -0.25) is 19.3 Å². The predicted molar refractivity (Wildman–Crippen MR) is 183 cm³/mol. The van der Waals surface area contributed by atoms with Crippen molar-refractivity contribution in [2.24, 2.45) is 0 Å². The molecule has 3 aliphatic rings. The molecule has 0 atom stereocenters. The van der Waals surface area contributed by atoms with Crippen LogP contribution < -0.4 is 14.9 Å². The van der Waals surface area contributed by atoms with Crippen LogP contribution in [0.25, 0.3) is 21.9 Å². The van der Waals surface area contributed by atoms with E-state index in [0.29, 0.717) is 24.2 Å². The number of rotatable bonds is 7. The van der Waals surface area contributed by atoms with Crippen LogP contribution in [-0.2, 0) is 36.3 Å². The highest BCUT2D eigenvalue weighted by atomic mass is 32.2. The fourth-order valence-electron chi connectivity index (χ4n) is 6.84. The first-order valence-corrected chi connectivity index (χ1v) is 17.7. The number of alkyl carbamates (subject to hydrolysis) is 1. The van der Waals surface area contributed by atoms with Crippen molar-refractivity contribution >= 4 is 50.1 Å². The number of para-hydroxylation sites is 1. The molecule has 1 aliphatic carbocycles. The predicted octanol–water partition coefficient (Wildman–Crippen LogP) is 4.96. The zero-order valence-corrected chi connectivity index (χ0v) is 28.1. The maximum absolute atomic E-state index is 14.4. The molecule has 1 saturated heterocycles. The Labute approximate surface area is 279 Å². The lowest BCUT2D eigenvalue weighted by Crippen LogP contribution is -2.68. The van der Waals surface area contributed by atoms with E-state index in [1.165, 1.54) is 0 Å². The van der Waals surface area contributed by atoms with Gasteiger partial charge in [0.25, 0.3) is 0 Å². The van der Waals surface area contributed by atoms with E-state index in [1.54, 1.807) is 48.9 Å². The molecule has 0 bridgehead atoms. The number of nitrogens with zero attached hydrogens (tertiary/aromatic N) is 3. The van der Waals surface area contributed by atoms with Gasteiger partial charge in [0.1, 0.15) is 16.6 Å². The third-order valence-corrected chi connectivity index (χ3v) is 9.74. The Hall–Kier alpha value is -4.97. The van der Waals surface area contributed by atoms with E-state index >= 15 is 0 Å². The van der Waals surface area contributed by atoms with Crippen molar-refractivity contribution in [3.05, 3.63) is 90.3 Å². The van der Waals surface area contributed by atoms with Gasteiger partial charge in [-0.2, -0.15) is 0 Å². The van der Waals surface area contributed by atoms with E-state index in [9.17, 15) is 22.8 Å². The Morgan fingerprint density at radius 3 is 2.29 bits per heavy atom. The van der Waals surface area contributed by atoms with Crippen molar-refractivity contribution in [3.63, 3.8) is 0 Å². The van der Waals surface area contributed by atoms with Gasteiger partial charge in [-0.25, -0.2) is 13.2 Å². The molecule has 1 saturated carbocycles. The van der Waals surface area contributed by atoms with Gasteiger partial charge >= 0.3 is 6.09 Å². The Bertz CT molecular complexity index is 2080. The van der Waals surface area contributed by atoms with E-state index in [4.69, 9.17) is 9.72 Å². The lowest BCUT2D eigenvalue weighted by Gasteiger charge is -2.48. The van der Waals surface area contributed by atoms with Gasteiger partial charge in [0, 0.05) is 41.6 Å². The Balaban J connectivity index is 1.17. The molecule has 3 aromatic carbocycles. The van der Waals surface area contributed by atoms with Crippen molar-refractivity contribution in [2.75, 3.05) is 29.0 Å². The van der Waals surface area contributed by atoms with Crippen LogP contribution in [-0.4, -0.2) is 66.7 Å². The standard InChI is InChI=1S/C36H37N5O6S/c1-34(2,3)47-33(44)38-36(17-18-36)32(43)40-21-35(22-40)27-11-7-8-12-29(27)41(31(35)42)20-28-30(26-10-6-5-9-24(26)19-37-28)23-13-15-25(16-14-23)39-48(4,45)46/h5-16,19,39H,17-18,20-22H2,1-4H3,(H,38,44). The summed E-state index contributed by atoms with van der Waals surface area (Å²) < 4.78 is 31.5. The van der Waals surface area contributed by atoms with Crippen LogP contribution in [0.1, 0.15) is 44.9 Å². The van der Waals surface area contributed by atoms with Crippen LogP contribution in [0.4, 0.5) is 16.2 Å². The number of hydrogen-bond acceptors (Lipinski definition) is 7. The molecule has 7 rings (SSSR count). The van der Waals surface area contributed by atoms with Crippen LogP contribution in [0.5, 0.6) is 0 Å². The molecule has 1 spiro atoms. The Morgan fingerprint density at radius 1 is 0.958 bits per heavy atom. The van der Waals surface area contributed by atoms with Crippen LogP contribution in [0.15, 0.2) is 79.0 Å². The molecule has 2 aliphatic heterocycles. The van der Waals surface area contributed by atoms with E-state index in [1.807, 2.05) is 60.7 Å². The molecular weight excluding hydrogens is 630 g/mol. The second kappa shape index (κ2) is 11.0. The van der Waals surface area contributed by atoms with E-state index in [0.717, 1.165) is 39.4 Å². The summed E-state index contributed by atoms with van der Waals surface area (Å²) in [6.07, 6.45) is 3.32. The first kappa shape index (κ1) is 31.6. The number of hydrogen-bond donors (Lipinski definition) is 2. The summed E-state index contributed by atoms with van der Waals surface area (Å²) in [4.78, 5) is 48.9. The van der Waals surface area contributed by atoms with Crippen molar-refractivity contribution in [1.29, 1.82) is 0 Å². The summed E-state index contributed by atoms with van der Waals surface area (Å²) in [6, 6.07) is 22.6.